The molecule has 2 N–H and O–H groups in total. The Balaban J connectivity index is 1.27. The molecule has 1 atom stereocenters. The van der Waals surface area contributed by atoms with Crippen molar-refractivity contribution in [3.05, 3.63) is 41.9 Å². The van der Waals surface area contributed by atoms with E-state index < -0.39 is 0 Å². The molecular weight excluding hydrogens is 350 g/mol. The molecule has 1 saturated heterocycles. The molecule has 0 radical (unpaired) electrons. The average Bonchev–Trinajstić information content (AvgIpc) is 3.47. The van der Waals surface area contributed by atoms with Crippen LogP contribution in [0, 0.1) is 6.92 Å². The lowest BCUT2D eigenvalue weighted by Crippen LogP contribution is -2.45. The number of hydrogen-bond acceptors (Lipinski definition) is 4. The predicted molar refractivity (Wildman–Crippen MR) is 112 cm³/mol. The van der Waals surface area contributed by atoms with Gasteiger partial charge < -0.3 is 15.1 Å². The van der Waals surface area contributed by atoms with Gasteiger partial charge in [0.25, 0.3) is 0 Å². The molecule has 0 spiro atoms. The second kappa shape index (κ2) is 8.78. The van der Waals surface area contributed by atoms with E-state index in [0.717, 1.165) is 29.9 Å². The van der Waals surface area contributed by atoms with Crippen molar-refractivity contribution in [2.45, 2.75) is 57.7 Å². The van der Waals surface area contributed by atoms with Crippen molar-refractivity contribution >= 4 is 5.96 Å². The third-order valence-electron chi connectivity index (χ3n) is 5.92. The molecule has 28 heavy (non-hydrogen) atoms. The van der Waals surface area contributed by atoms with Gasteiger partial charge in [-0.2, -0.15) is 0 Å². The maximum atomic E-state index is 5.89. The van der Waals surface area contributed by atoms with Crippen molar-refractivity contribution in [1.82, 2.24) is 20.5 Å². The van der Waals surface area contributed by atoms with E-state index in [0.29, 0.717) is 18.5 Å². The Labute approximate surface area is 167 Å². The molecule has 2 aromatic rings. The minimum Gasteiger partial charge on any atom is -0.439 e. The van der Waals surface area contributed by atoms with Crippen LogP contribution in [0.15, 0.2) is 39.9 Å². The van der Waals surface area contributed by atoms with Gasteiger partial charge in [0.1, 0.15) is 0 Å². The summed E-state index contributed by atoms with van der Waals surface area (Å²) in [6.45, 7) is 4.90. The van der Waals surface area contributed by atoms with Crippen molar-refractivity contribution in [2.24, 2.45) is 4.99 Å². The number of aryl methyl sites for hydroxylation is 1. The fourth-order valence-corrected chi connectivity index (χ4v) is 4.30. The van der Waals surface area contributed by atoms with E-state index >= 15 is 0 Å². The Hall–Kier alpha value is -2.34. The van der Waals surface area contributed by atoms with Gasteiger partial charge in [-0.15, -0.1) is 0 Å². The molecule has 2 fully saturated rings. The Bertz CT molecular complexity index is 792. The maximum absolute atomic E-state index is 5.89. The van der Waals surface area contributed by atoms with Gasteiger partial charge in [0.2, 0.25) is 5.89 Å². The third-order valence-corrected chi connectivity index (χ3v) is 5.92. The van der Waals surface area contributed by atoms with Gasteiger partial charge >= 0.3 is 0 Å². The molecule has 1 unspecified atom stereocenters. The summed E-state index contributed by atoms with van der Waals surface area (Å²) in [5.74, 6) is 2.27. The lowest BCUT2D eigenvalue weighted by molar-refractivity contribution is 0.242. The van der Waals surface area contributed by atoms with Crippen LogP contribution in [0.4, 0.5) is 0 Å². The fourth-order valence-electron chi connectivity index (χ4n) is 4.30. The fraction of sp³-hybridized carbons (Fsp3) is 0.545. The standard InChI is InChI=1S/C22H31N5O/c1-16-7-9-17(10-8-16)20-13-24-21(28-20)14-25-22(23-2)26-18-11-12-27(15-18)19-5-3-4-6-19/h7-10,13,18-19H,3-6,11-12,14-15H2,1-2H3,(H2,23,25,26). The lowest BCUT2D eigenvalue weighted by atomic mass is 10.1. The number of hydrogen-bond donors (Lipinski definition) is 2. The van der Waals surface area contributed by atoms with E-state index in [1.165, 1.54) is 44.2 Å². The number of oxazole rings is 1. The highest BCUT2D eigenvalue weighted by molar-refractivity contribution is 5.79. The summed E-state index contributed by atoms with van der Waals surface area (Å²) in [4.78, 5) is 11.4. The largest absolute Gasteiger partial charge is 0.439 e. The van der Waals surface area contributed by atoms with Crippen LogP contribution in [0.3, 0.4) is 0 Å². The van der Waals surface area contributed by atoms with Gasteiger partial charge in [-0.05, 0) is 26.2 Å². The molecule has 150 valence electrons. The first kappa shape index (κ1) is 19.0. The second-order valence-corrected chi connectivity index (χ2v) is 7.97. The van der Waals surface area contributed by atoms with E-state index in [1.54, 1.807) is 6.20 Å². The summed E-state index contributed by atoms with van der Waals surface area (Å²) in [5.41, 5.74) is 2.28. The molecule has 6 heteroatoms. The molecule has 0 amide bonds. The smallest absolute Gasteiger partial charge is 0.214 e. The van der Waals surface area contributed by atoms with E-state index in [4.69, 9.17) is 4.42 Å². The van der Waals surface area contributed by atoms with Crippen LogP contribution in [-0.4, -0.2) is 48.1 Å². The minimum atomic E-state index is 0.458. The molecule has 1 aliphatic carbocycles. The lowest BCUT2D eigenvalue weighted by Gasteiger charge is -2.24. The molecular formula is C22H31N5O. The van der Waals surface area contributed by atoms with E-state index in [1.807, 2.05) is 7.05 Å². The van der Waals surface area contributed by atoms with Crippen molar-refractivity contribution in [1.29, 1.82) is 0 Å². The Morgan fingerprint density at radius 2 is 2.00 bits per heavy atom. The molecule has 2 aliphatic rings. The average molecular weight is 382 g/mol. The highest BCUT2D eigenvalue weighted by Gasteiger charge is 2.30. The minimum absolute atomic E-state index is 0.458. The van der Waals surface area contributed by atoms with Gasteiger partial charge in [0.05, 0.1) is 12.7 Å². The van der Waals surface area contributed by atoms with Crippen LogP contribution in [0.1, 0.15) is 43.6 Å². The number of aliphatic imine (C=N–C) groups is 1. The monoisotopic (exact) mass is 381 g/mol. The van der Waals surface area contributed by atoms with Crippen molar-refractivity contribution in [3.63, 3.8) is 0 Å². The van der Waals surface area contributed by atoms with Crippen LogP contribution in [-0.2, 0) is 6.54 Å². The Morgan fingerprint density at radius 3 is 2.75 bits per heavy atom. The summed E-state index contributed by atoms with van der Waals surface area (Å²) in [5, 5.41) is 6.90. The predicted octanol–water partition coefficient (Wildman–Crippen LogP) is 3.33. The quantitative estimate of drug-likeness (QED) is 0.614. The van der Waals surface area contributed by atoms with Gasteiger partial charge in [-0.1, -0.05) is 42.7 Å². The molecule has 1 aliphatic heterocycles. The maximum Gasteiger partial charge on any atom is 0.214 e. The molecule has 1 saturated carbocycles. The van der Waals surface area contributed by atoms with E-state index in [9.17, 15) is 0 Å². The topological polar surface area (TPSA) is 65.7 Å². The number of nitrogens with zero attached hydrogens (tertiary/aromatic N) is 3. The van der Waals surface area contributed by atoms with E-state index in [-0.39, 0.29) is 0 Å². The van der Waals surface area contributed by atoms with Crippen LogP contribution in [0.2, 0.25) is 0 Å². The summed E-state index contributed by atoms with van der Waals surface area (Å²) in [6, 6.07) is 9.54. The molecule has 0 bridgehead atoms. The van der Waals surface area contributed by atoms with Crippen molar-refractivity contribution < 1.29 is 4.42 Å². The third kappa shape index (κ3) is 4.55. The first-order valence-corrected chi connectivity index (χ1v) is 10.4. The van der Waals surface area contributed by atoms with E-state index in [2.05, 4.69) is 56.7 Å². The Kier molecular flexibility index (Phi) is 5.95. The number of nitrogens with one attached hydrogen (secondary N) is 2. The molecule has 1 aromatic heterocycles. The van der Waals surface area contributed by atoms with Crippen LogP contribution < -0.4 is 10.6 Å². The highest BCUT2D eigenvalue weighted by atomic mass is 16.4. The zero-order valence-electron chi connectivity index (χ0n) is 16.9. The first-order chi connectivity index (χ1) is 13.7. The van der Waals surface area contributed by atoms with Gasteiger partial charge in [0, 0.05) is 37.8 Å². The number of likely N-dealkylation sites (tertiary alicyclic amines) is 1. The number of rotatable bonds is 5. The zero-order chi connectivity index (χ0) is 19.3. The van der Waals surface area contributed by atoms with Crippen LogP contribution in [0.25, 0.3) is 11.3 Å². The molecule has 2 heterocycles. The van der Waals surface area contributed by atoms with Gasteiger partial charge in [0.15, 0.2) is 11.7 Å². The zero-order valence-corrected chi connectivity index (χ0v) is 16.9. The summed E-state index contributed by atoms with van der Waals surface area (Å²) < 4.78 is 5.89. The normalized spacial score (nSPS) is 21.4. The molecule has 4 rings (SSSR count). The van der Waals surface area contributed by atoms with Crippen molar-refractivity contribution in [3.8, 4) is 11.3 Å². The van der Waals surface area contributed by atoms with Gasteiger partial charge in [-0.25, -0.2) is 4.98 Å². The molecule has 1 aromatic carbocycles. The first-order valence-electron chi connectivity index (χ1n) is 10.4. The number of guanidine groups is 1. The summed E-state index contributed by atoms with van der Waals surface area (Å²) in [7, 11) is 1.81. The summed E-state index contributed by atoms with van der Waals surface area (Å²) >= 11 is 0. The van der Waals surface area contributed by atoms with Crippen LogP contribution >= 0.6 is 0 Å². The molecule has 6 nitrogen and oxygen atoms in total. The number of aromatic nitrogens is 1. The Morgan fingerprint density at radius 1 is 1.21 bits per heavy atom. The summed E-state index contributed by atoms with van der Waals surface area (Å²) in [6.07, 6.45) is 8.48. The number of benzene rings is 1. The highest BCUT2D eigenvalue weighted by Crippen LogP contribution is 2.26. The van der Waals surface area contributed by atoms with Crippen molar-refractivity contribution in [2.75, 3.05) is 20.1 Å². The van der Waals surface area contributed by atoms with Crippen LogP contribution in [0.5, 0.6) is 0 Å². The van der Waals surface area contributed by atoms with Gasteiger partial charge in [-0.3, -0.25) is 9.89 Å². The second-order valence-electron chi connectivity index (χ2n) is 7.97. The SMILES string of the molecule is CN=C(NCc1ncc(-c2ccc(C)cc2)o1)NC1CCN(C2CCCC2)C1.